The summed E-state index contributed by atoms with van der Waals surface area (Å²) >= 11 is 0. The summed E-state index contributed by atoms with van der Waals surface area (Å²) in [6, 6.07) is 17.4. The van der Waals surface area contributed by atoms with Crippen molar-refractivity contribution in [1.82, 2.24) is 14.8 Å². The van der Waals surface area contributed by atoms with Crippen LogP contribution in [-0.4, -0.2) is 40.5 Å². The number of carbonyl (C=O) groups is 2. The van der Waals surface area contributed by atoms with Crippen LogP contribution >= 0.6 is 0 Å². The fourth-order valence-electron chi connectivity index (χ4n) is 4.22. The SMILES string of the molecule is CCN1C(=O)c2cc3ccccc3n2C[C@@]1(C)C(=O)NCc1ccccc1OC. The molecule has 0 radical (unpaired) electrons. The molecule has 1 atom stereocenters. The zero-order valence-corrected chi connectivity index (χ0v) is 16.9. The summed E-state index contributed by atoms with van der Waals surface area (Å²) in [5.74, 6) is 0.427. The predicted octanol–water partition coefficient (Wildman–Crippen LogP) is 3.20. The number of nitrogens with one attached hydrogen (secondary N) is 1. The minimum absolute atomic E-state index is 0.120. The highest BCUT2D eigenvalue weighted by Gasteiger charge is 2.46. The Kier molecular flexibility index (Phi) is 4.78. The van der Waals surface area contributed by atoms with Crippen molar-refractivity contribution in [3.8, 4) is 5.75 Å². The predicted molar refractivity (Wildman–Crippen MR) is 112 cm³/mol. The highest BCUT2D eigenvalue weighted by atomic mass is 16.5. The van der Waals surface area contributed by atoms with Gasteiger partial charge in [-0.1, -0.05) is 36.4 Å². The fourth-order valence-corrected chi connectivity index (χ4v) is 4.22. The number of para-hydroxylation sites is 2. The lowest BCUT2D eigenvalue weighted by molar-refractivity contribution is -0.132. The summed E-state index contributed by atoms with van der Waals surface area (Å²) in [5.41, 5.74) is 1.51. The Hall–Kier alpha value is -3.28. The second-order valence-corrected chi connectivity index (χ2v) is 7.49. The first kappa shape index (κ1) is 19.1. The first-order valence-corrected chi connectivity index (χ1v) is 9.80. The minimum atomic E-state index is -0.983. The number of hydrogen-bond acceptors (Lipinski definition) is 3. The molecule has 2 heterocycles. The van der Waals surface area contributed by atoms with Crippen molar-refractivity contribution in [3.63, 3.8) is 0 Å². The molecule has 150 valence electrons. The van der Waals surface area contributed by atoms with Crippen LogP contribution in [0.5, 0.6) is 5.75 Å². The van der Waals surface area contributed by atoms with Gasteiger partial charge in [0.1, 0.15) is 17.0 Å². The van der Waals surface area contributed by atoms with Gasteiger partial charge in [-0.3, -0.25) is 9.59 Å². The zero-order chi connectivity index (χ0) is 20.6. The highest BCUT2D eigenvalue weighted by molar-refractivity contribution is 6.03. The molecule has 0 fully saturated rings. The van der Waals surface area contributed by atoms with E-state index in [0.29, 0.717) is 25.3 Å². The molecule has 6 nitrogen and oxygen atoms in total. The van der Waals surface area contributed by atoms with Gasteiger partial charge >= 0.3 is 0 Å². The topological polar surface area (TPSA) is 63.6 Å². The van der Waals surface area contributed by atoms with E-state index >= 15 is 0 Å². The van der Waals surface area contributed by atoms with Gasteiger partial charge in [-0.2, -0.15) is 0 Å². The summed E-state index contributed by atoms with van der Waals surface area (Å²) in [7, 11) is 1.61. The first-order valence-electron chi connectivity index (χ1n) is 9.80. The molecule has 0 saturated carbocycles. The van der Waals surface area contributed by atoms with E-state index in [4.69, 9.17) is 4.74 Å². The van der Waals surface area contributed by atoms with E-state index < -0.39 is 5.54 Å². The van der Waals surface area contributed by atoms with E-state index in [1.165, 1.54) is 0 Å². The fraction of sp³-hybridized carbons (Fsp3) is 0.304. The molecule has 1 aromatic heterocycles. The third kappa shape index (κ3) is 3.05. The van der Waals surface area contributed by atoms with Gasteiger partial charge in [-0.15, -0.1) is 0 Å². The van der Waals surface area contributed by atoms with Crippen LogP contribution in [0.2, 0.25) is 0 Å². The molecule has 0 saturated heterocycles. The summed E-state index contributed by atoms with van der Waals surface area (Å²) < 4.78 is 7.34. The average molecular weight is 391 g/mol. The second-order valence-electron chi connectivity index (χ2n) is 7.49. The van der Waals surface area contributed by atoms with Crippen LogP contribution < -0.4 is 10.1 Å². The number of fused-ring (bicyclic) bond motifs is 3. The van der Waals surface area contributed by atoms with Gasteiger partial charge in [-0.25, -0.2) is 0 Å². The van der Waals surface area contributed by atoms with Crippen LogP contribution in [0.1, 0.15) is 29.9 Å². The number of rotatable bonds is 5. The van der Waals surface area contributed by atoms with Crippen molar-refractivity contribution < 1.29 is 14.3 Å². The molecule has 3 aromatic rings. The monoisotopic (exact) mass is 391 g/mol. The van der Waals surface area contributed by atoms with Crippen LogP contribution in [0.25, 0.3) is 10.9 Å². The second kappa shape index (κ2) is 7.28. The van der Waals surface area contributed by atoms with E-state index in [1.807, 2.05) is 73.0 Å². The molecule has 0 bridgehead atoms. The molecule has 1 N–H and O–H groups in total. The van der Waals surface area contributed by atoms with Gasteiger partial charge in [0.25, 0.3) is 5.91 Å². The van der Waals surface area contributed by atoms with Crippen LogP contribution in [0.15, 0.2) is 54.6 Å². The number of likely N-dealkylation sites (N-methyl/N-ethyl adjacent to an activating group) is 1. The normalized spacial score (nSPS) is 18.6. The molecule has 1 aliphatic rings. The lowest BCUT2D eigenvalue weighted by atomic mass is 9.94. The van der Waals surface area contributed by atoms with Crippen LogP contribution in [0.3, 0.4) is 0 Å². The first-order chi connectivity index (χ1) is 14.0. The maximum absolute atomic E-state index is 13.3. The number of aromatic nitrogens is 1. The van der Waals surface area contributed by atoms with Crippen LogP contribution in [0.4, 0.5) is 0 Å². The molecule has 0 unspecified atom stereocenters. The Morgan fingerprint density at radius 3 is 2.66 bits per heavy atom. The van der Waals surface area contributed by atoms with Crippen molar-refractivity contribution in [2.75, 3.05) is 13.7 Å². The number of nitrogens with zero attached hydrogens (tertiary/aromatic N) is 2. The third-order valence-corrected chi connectivity index (χ3v) is 5.77. The molecule has 0 spiro atoms. The van der Waals surface area contributed by atoms with E-state index in [0.717, 1.165) is 22.2 Å². The molecule has 1 aliphatic heterocycles. The highest BCUT2D eigenvalue weighted by Crippen LogP contribution is 2.32. The lowest BCUT2D eigenvalue weighted by Crippen LogP contribution is -2.63. The van der Waals surface area contributed by atoms with Gasteiger partial charge in [0, 0.05) is 29.6 Å². The molecule has 2 amide bonds. The number of methoxy groups -OCH3 is 1. The Bertz CT molecular complexity index is 1090. The Labute approximate surface area is 170 Å². The molecule has 4 rings (SSSR count). The summed E-state index contributed by atoms with van der Waals surface area (Å²) in [6.45, 7) is 4.95. The van der Waals surface area contributed by atoms with Crippen molar-refractivity contribution >= 4 is 22.7 Å². The maximum Gasteiger partial charge on any atom is 0.271 e. The van der Waals surface area contributed by atoms with E-state index in [2.05, 4.69) is 5.32 Å². The van der Waals surface area contributed by atoms with Crippen LogP contribution in [-0.2, 0) is 17.9 Å². The number of amides is 2. The minimum Gasteiger partial charge on any atom is -0.496 e. The average Bonchev–Trinajstić information content (AvgIpc) is 3.11. The lowest BCUT2D eigenvalue weighted by Gasteiger charge is -2.43. The van der Waals surface area contributed by atoms with Crippen LogP contribution in [0, 0.1) is 0 Å². The largest absolute Gasteiger partial charge is 0.496 e. The summed E-state index contributed by atoms with van der Waals surface area (Å²) in [5, 5.41) is 4.02. The van der Waals surface area contributed by atoms with E-state index in [9.17, 15) is 9.59 Å². The number of benzene rings is 2. The number of ether oxygens (including phenoxy) is 1. The number of hydrogen-bond donors (Lipinski definition) is 1. The molecule has 6 heteroatoms. The van der Waals surface area contributed by atoms with Gasteiger partial charge < -0.3 is 19.5 Å². The third-order valence-electron chi connectivity index (χ3n) is 5.77. The van der Waals surface area contributed by atoms with Crippen molar-refractivity contribution in [1.29, 1.82) is 0 Å². The van der Waals surface area contributed by atoms with Crippen molar-refractivity contribution in [2.24, 2.45) is 0 Å². The van der Waals surface area contributed by atoms with E-state index in [1.54, 1.807) is 12.0 Å². The van der Waals surface area contributed by atoms with Gasteiger partial charge in [0.2, 0.25) is 5.91 Å². The smallest absolute Gasteiger partial charge is 0.271 e. The standard InChI is InChI=1S/C23H25N3O3/c1-4-26-21(27)19-13-16-9-5-7-11-18(16)25(19)15-23(26,2)22(28)24-14-17-10-6-8-12-20(17)29-3/h5-13H,4,14-15H2,1-3H3,(H,24,28)/t23-/m0/s1. The van der Waals surface area contributed by atoms with Crippen molar-refractivity contribution in [3.05, 3.63) is 65.9 Å². The molecular weight excluding hydrogens is 366 g/mol. The molecule has 2 aromatic carbocycles. The maximum atomic E-state index is 13.3. The molecule has 0 aliphatic carbocycles. The Balaban J connectivity index is 1.66. The number of carbonyl (C=O) groups excluding carboxylic acids is 2. The molecule has 29 heavy (non-hydrogen) atoms. The van der Waals surface area contributed by atoms with Crippen molar-refractivity contribution in [2.45, 2.75) is 32.5 Å². The van der Waals surface area contributed by atoms with E-state index in [-0.39, 0.29) is 11.8 Å². The molecular formula is C23H25N3O3. The Morgan fingerprint density at radius 2 is 1.90 bits per heavy atom. The quantitative estimate of drug-likeness (QED) is 0.726. The Morgan fingerprint density at radius 1 is 1.17 bits per heavy atom. The summed E-state index contributed by atoms with van der Waals surface area (Å²) in [4.78, 5) is 28.2. The van der Waals surface area contributed by atoms with Gasteiger partial charge in [-0.05, 0) is 32.0 Å². The van der Waals surface area contributed by atoms with Gasteiger partial charge in [0.05, 0.1) is 13.7 Å². The zero-order valence-electron chi connectivity index (χ0n) is 16.9. The summed E-state index contributed by atoms with van der Waals surface area (Å²) in [6.07, 6.45) is 0. The van der Waals surface area contributed by atoms with Gasteiger partial charge in [0.15, 0.2) is 0 Å².